The normalized spacial score (nSPS) is 14.2. The molecule has 3 amide bonds. The van der Waals surface area contributed by atoms with Gasteiger partial charge < -0.3 is 25.4 Å². The molecule has 1 fully saturated rings. The molecule has 28 heavy (non-hydrogen) atoms. The van der Waals surface area contributed by atoms with E-state index < -0.39 is 0 Å². The molecule has 0 atom stereocenters. The molecule has 3 N–H and O–H groups in total. The average molecular weight is 391 g/mol. The van der Waals surface area contributed by atoms with Crippen LogP contribution in [0.1, 0.15) is 18.9 Å². The molecule has 154 valence electrons. The molecule has 0 spiro atoms. The molecule has 1 aromatic rings. The first kappa shape index (κ1) is 21.5. The van der Waals surface area contributed by atoms with Crippen molar-refractivity contribution in [2.45, 2.75) is 19.9 Å². The summed E-state index contributed by atoms with van der Waals surface area (Å²) >= 11 is 0. The summed E-state index contributed by atoms with van der Waals surface area (Å²) in [5, 5.41) is 8.93. The summed E-state index contributed by atoms with van der Waals surface area (Å²) in [6.45, 7) is 5.30. The van der Waals surface area contributed by atoms with E-state index in [9.17, 15) is 9.59 Å². The Morgan fingerprint density at radius 2 is 1.96 bits per heavy atom. The van der Waals surface area contributed by atoms with Gasteiger partial charge in [-0.15, -0.1) is 0 Å². The van der Waals surface area contributed by atoms with Crippen molar-refractivity contribution >= 4 is 17.9 Å². The van der Waals surface area contributed by atoms with Gasteiger partial charge in [0.25, 0.3) is 0 Å². The maximum atomic E-state index is 11.6. The Morgan fingerprint density at radius 1 is 1.21 bits per heavy atom. The number of methoxy groups -OCH3 is 1. The number of rotatable bonds is 11. The van der Waals surface area contributed by atoms with Crippen molar-refractivity contribution in [1.29, 1.82) is 0 Å². The number of aliphatic imine (C=N–C) groups is 1. The third kappa shape index (κ3) is 7.07. The van der Waals surface area contributed by atoms with Crippen LogP contribution in [-0.4, -0.2) is 69.3 Å². The van der Waals surface area contributed by atoms with Crippen molar-refractivity contribution in [2.75, 3.05) is 46.5 Å². The SMILES string of the molecule is CCOCCCNC(=NCc1ccc(OC)cc1)NCCN1C(=O)CNC1=O. The number of nitrogens with one attached hydrogen (secondary N) is 3. The van der Waals surface area contributed by atoms with Crippen molar-refractivity contribution in [2.24, 2.45) is 4.99 Å². The van der Waals surface area contributed by atoms with Gasteiger partial charge in [-0.3, -0.25) is 9.69 Å². The van der Waals surface area contributed by atoms with Crippen LogP contribution in [0.25, 0.3) is 0 Å². The molecular weight excluding hydrogens is 362 g/mol. The highest BCUT2D eigenvalue weighted by molar-refractivity contribution is 6.01. The predicted molar refractivity (Wildman–Crippen MR) is 106 cm³/mol. The molecule has 0 aliphatic carbocycles. The van der Waals surface area contributed by atoms with Crippen LogP contribution < -0.4 is 20.7 Å². The number of hydrogen-bond donors (Lipinski definition) is 3. The van der Waals surface area contributed by atoms with Crippen LogP contribution >= 0.6 is 0 Å². The Bertz CT molecular complexity index is 647. The standard InChI is InChI=1S/C19H29N5O4/c1-3-28-12-4-9-20-18(21-10-11-24-17(25)14-23-19(24)26)22-13-15-5-7-16(27-2)8-6-15/h5-8H,3-4,9-14H2,1-2H3,(H,23,26)(H2,20,21,22). The number of guanidine groups is 1. The summed E-state index contributed by atoms with van der Waals surface area (Å²) in [6.07, 6.45) is 0.851. The number of imide groups is 1. The Morgan fingerprint density at radius 3 is 2.61 bits per heavy atom. The lowest BCUT2D eigenvalue weighted by Gasteiger charge is -2.16. The summed E-state index contributed by atoms with van der Waals surface area (Å²) in [5.74, 6) is 1.21. The molecule has 0 aromatic heterocycles. The summed E-state index contributed by atoms with van der Waals surface area (Å²) in [5.41, 5.74) is 1.05. The van der Waals surface area contributed by atoms with Gasteiger partial charge in [-0.2, -0.15) is 0 Å². The molecule has 1 aromatic carbocycles. The van der Waals surface area contributed by atoms with Gasteiger partial charge in [-0.25, -0.2) is 9.79 Å². The van der Waals surface area contributed by atoms with Crippen LogP contribution in [0.4, 0.5) is 4.79 Å². The summed E-state index contributed by atoms with van der Waals surface area (Å²) in [7, 11) is 1.63. The smallest absolute Gasteiger partial charge is 0.324 e. The van der Waals surface area contributed by atoms with Gasteiger partial charge in [0.1, 0.15) is 5.75 Å². The number of nitrogens with zero attached hydrogens (tertiary/aromatic N) is 2. The van der Waals surface area contributed by atoms with E-state index in [0.29, 0.717) is 38.8 Å². The molecule has 1 heterocycles. The third-order valence-electron chi connectivity index (χ3n) is 4.11. The molecule has 0 unspecified atom stereocenters. The average Bonchev–Trinajstić information content (AvgIpc) is 3.03. The Balaban J connectivity index is 1.87. The Labute approximate surface area is 165 Å². The minimum atomic E-state index is -0.354. The summed E-state index contributed by atoms with van der Waals surface area (Å²) in [6, 6.07) is 7.36. The molecule has 0 saturated carbocycles. The van der Waals surface area contributed by atoms with Crippen LogP contribution in [0.3, 0.4) is 0 Å². The molecular formula is C19H29N5O4. The highest BCUT2D eigenvalue weighted by Crippen LogP contribution is 2.11. The van der Waals surface area contributed by atoms with E-state index >= 15 is 0 Å². The monoisotopic (exact) mass is 391 g/mol. The van der Waals surface area contributed by atoms with Gasteiger partial charge >= 0.3 is 6.03 Å². The van der Waals surface area contributed by atoms with E-state index in [2.05, 4.69) is 20.9 Å². The van der Waals surface area contributed by atoms with E-state index in [1.54, 1.807) is 7.11 Å². The number of carbonyl (C=O) groups excluding carboxylic acids is 2. The summed E-state index contributed by atoms with van der Waals surface area (Å²) in [4.78, 5) is 29.0. The maximum absolute atomic E-state index is 11.6. The zero-order chi connectivity index (χ0) is 20.2. The molecule has 0 radical (unpaired) electrons. The van der Waals surface area contributed by atoms with Crippen molar-refractivity contribution in [1.82, 2.24) is 20.9 Å². The van der Waals surface area contributed by atoms with Crippen LogP contribution in [-0.2, 0) is 16.1 Å². The Hall–Kier alpha value is -2.81. The number of benzene rings is 1. The lowest BCUT2D eigenvalue weighted by Crippen LogP contribution is -2.43. The Kier molecular flexibility index (Phi) is 9.06. The van der Waals surface area contributed by atoms with Crippen molar-refractivity contribution in [3.63, 3.8) is 0 Å². The zero-order valence-electron chi connectivity index (χ0n) is 16.5. The quantitative estimate of drug-likeness (QED) is 0.222. The van der Waals surface area contributed by atoms with E-state index in [4.69, 9.17) is 9.47 Å². The van der Waals surface area contributed by atoms with Crippen molar-refractivity contribution in [3.05, 3.63) is 29.8 Å². The third-order valence-corrected chi connectivity index (χ3v) is 4.11. The predicted octanol–water partition coefficient (Wildman–Crippen LogP) is 0.709. The molecule has 1 aliphatic heterocycles. The minimum Gasteiger partial charge on any atom is -0.497 e. The lowest BCUT2D eigenvalue weighted by molar-refractivity contribution is -0.124. The minimum absolute atomic E-state index is 0.0624. The van der Waals surface area contributed by atoms with Crippen LogP contribution in [0, 0.1) is 0 Å². The second kappa shape index (κ2) is 11.8. The molecule has 9 nitrogen and oxygen atoms in total. The van der Waals surface area contributed by atoms with E-state index in [0.717, 1.165) is 17.7 Å². The van der Waals surface area contributed by atoms with E-state index in [1.807, 2.05) is 31.2 Å². The first-order valence-electron chi connectivity index (χ1n) is 9.45. The largest absolute Gasteiger partial charge is 0.497 e. The van der Waals surface area contributed by atoms with Gasteiger partial charge in [-0.05, 0) is 31.0 Å². The lowest BCUT2D eigenvalue weighted by atomic mass is 10.2. The number of amides is 3. The molecule has 9 heteroatoms. The highest BCUT2D eigenvalue weighted by Gasteiger charge is 2.27. The number of hydrogen-bond acceptors (Lipinski definition) is 5. The first-order valence-corrected chi connectivity index (χ1v) is 9.45. The molecule has 1 saturated heterocycles. The van der Waals surface area contributed by atoms with Gasteiger partial charge in [-0.1, -0.05) is 12.1 Å². The zero-order valence-corrected chi connectivity index (χ0v) is 16.5. The highest BCUT2D eigenvalue weighted by atomic mass is 16.5. The molecule has 1 aliphatic rings. The molecule has 2 rings (SSSR count). The number of ether oxygens (including phenoxy) is 2. The fraction of sp³-hybridized carbons (Fsp3) is 0.526. The van der Waals surface area contributed by atoms with Crippen LogP contribution in [0.2, 0.25) is 0 Å². The van der Waals surface area contributed by atoms with Crippen molar-refractivity contribution < 1.29 is 19.1 Å². The van der Waals surface area contributed by atoms with Gasteiger partial charge in [0, 0.05) is 32.8 Å². The topological polar surface area (TPSA) is 104 Å². The fourth-order valence-corrected chi connectivity index (χ4v) is 2.57. The molecule has 0 bridgehead atoms. The van der Waals surface area contributed by atoms with Gasteiger partial charge in [0.15, 0.2) is 5.96 Å². The summed E-state index contributed by atoms with van der Waals surface area (Å²) < 4.78 is 10.5. The fourth-order valence-electron chi connectivity index (χ4n) is 2.57. The van der Waals surface area contributed by atoms with Crippen LogP contribution in [0.5, 0.6) is 5.75 Å². The number of carbonyl (C=O) groups is 2. The van der Waals surface area contributed by atoms with Crippen LogP contribution in [0.15, 0.2) is 29.3 Å². The number of urea groups is 1. The maximum Gasteiger partial charge on any atom is 0.324 e. The van der Waals surface area contributed by atoms with E-state index in [-0.39, 0.29) is 25.0 Å². The van der Waals surface area contributed by atoms with E-state index in [1.165, 1.54) is 4.90 Å². The first-order chi connectivity index (χ1) is 13.6. The van der Waals surface area contributed by atoms with Crippen molar-refractivity contribution in [3.8, 4) is 5.75 Å². The second-order valence-corrected chi connectivity index (χ2v) is 6.12. The van der Waals surface area contributed by atoms with Gasteiger partial charge in [0.2, 0.25) is 5.91 Å². The second-order valence-electron chi connectivity index (χ2n) is 6.12. The van der Waals surface area contributed by atoms with Gasteiger partial charge in [0.05, 0.1) is 20.2 Å².